The second-order valence-corrected chi connectivity index (χ2v) is 6.22. The molecular formula is C16H26BrNO2. The van der Waals surface area contributed by atoms with Crippen LogP contribution in [0.5, 0.6) is 11.5 Å². The van der Waals surface area contributed by atoms with Crippen LogP contribution in [0.4, 0.5) is 0 Å². The van der Waals surface area contributed by atoms with Gasteiger partial charge in [-0.05, 0) is 53.4 Å². The van der Waals surface area contributed by atoms with Crippen LogP contribution in [0, 0.1) is 5.92 Å². The molecule has 4 heteroatoms. The minimum Gasteiger partial charge on any atom is -0.496 e. The van der Waals surface area contributed by atoms with Crippen molar-refractivity contribution in [2.45, 2.75) is 39.7 Å². The number of hydrogen-bond donors (Lipinski definition) is 1. The molecule has 0 saturated heterocycles. The van der Waals surface area contributed by atoms with Crippen molar-refractivity contribution >= 4 is 15.9 Å². The molecule has 0 aliphatic heterocycles. The maximum absolute atomic E-state index is 5.54. The van der Waals surface area contributed by atoms with Crippen LogP contribution >= 0.6 is 15.9 Å². The van der Waals surface area contributed by atoms with E-state index in [-0.39, 0.29) is 6.04 Å². The van der Waals surface area contributed by atoms with Gasteiger partial charge in [-0.2, -0.15) is 0 Å². The zero-order valence-electron chi connectivity index (χ0n) is 13.1. The number of benzene rings is 1. The number of ether oxygens (including phenoxy) is 2. The molecule has 114 valence electrons. The fourth-order valence-electron chi connectivity index (χ4n) is 2.27. The molecule has 0 fully saturated rings. The average molecular weight is 344 g/mol. The maximum atomic E-state index is 5.54. The van der Waals surface area contributed by atoms with Gasteiger partial charge in [0.05, 0.1) is 18.7 Å². The van der Waals surface area contributed by atoms with Crippen LogP contribution in [0.25, 0.3) is 0 Å². The van der Waals surface area contributed by atoms with E-state index in [9.17, 15) is 0 Å². The highest BCUT2D eigenvalue weighted by Crippen LogP contribution is 2.37. The van der Waals surface area contributed by atoms with Crippen LogP contribution in [0.15, 0.2) is 16.6 Å². The third-order valence-corrected chi connectivity index (χ3v) is 3.85. The average Bonchev–Trinajstić information content (AvgIpc) is 2.42. The third kappa shape index (κ3) is 4.67. The zero-order chi connectivity index (χ0) is 15.1. The van der Waals surface area contributed by atoms with E-state index in [0.29, 0.717) is 5.92 Å². The second-order valence-electron chi connectivity index (χ2n) is 5.36. The Labute approximate surface area is 131 Å². The van der Waals surface area contributed by atoms with Gasteiger partial charge in [-0.25, -0.2) is 0 Å². The minimum absolute atomic E-state index is 0.284. The van der Waals surface area contributed by atoms with E-state index < -0.39 is 0 Å². The summed E-state index contributed by atoms with van der Waals surface area (Å²) in [5.41, 5.74) is 1.16. The third-order valence-electron chi connectivity index (χ3n) is 3.23. The van der Waals surface area contributed by atoms with E-state index in [0.717, 1.165) is 40.9 Å². The fourth-order valence-corrected chi connectivity index (χ4v) is 2.75. The molecular weight excluding hydrogens is 318 g/mol. The van der Waals surface area contributed by atoms with Crippen molar-refractivity contribution in [1.29, 1.82) is 0 Å². The second kappa shape index (κ2) is 8.53. The number of rotatable bonds is 8. The predicted octanol–water partition coefficient (Wildman–Crippen LogP) is 4.55. The van der Waals surface area contributed by atoms with Gasteiger partial charge in [-0.15, -0.1) is 0 Å². The van der Waals surface area contributed by atoms with Crippen LogP contribution in [0.1, 0.15) is 45.2 Å². The fraction of sp³-hybridized carbons (Fsp3) is 0.625. The summed E-state index contributed by atoms with van der Waals surface area (Å²) in [6.07, 6.45) is 2.19. The normalized spacial score (nSPS) is 12.6. The maximum Gasteiger partial charge on any atom is 0.133 e. The summed E-state index contributed by atoms with van der Waals surface area (Å²) in [6, 6.07) is 4.33. The zero-order valence-corrected chi connectivity index (χ0v) is 14.7. The van der Waals surface area contributed by atoms with Crippen LogP contribution in [-0.4, -0.2) is 20.8 Å². The lowest BCUT2D eigenvalue weighted by atomic mass is 9.96. The summed E-state index contributed by atoms with van der Waals surface area (Å²) in [5.74, 6) is 2.35. The van der Waals surface area contributed by atoms with Crippen molar-refractivity contribution in [3.63, 3.8) is 0 Å². The van der Waals surface area contributed by atoms with Crippen molar-refractivity contribution < 1.29 is 9.47 Å². The molecule has 0 aromatic heterocycles. The Morgan fingerprint density at radius 1 is 1.15 bits per heavy atom. The highest BCUT2D eigenvalue weighted by atomic mass is 79.9. The van der Waals surface area contributed by atoms with Crippen molar-refractivity contribution in [2.24, 2.45) is 5.92 Å². The van der Waals surface area contributed by atoms with E-state index in [1.54, 1.807) is 14.2 Å². The molecule has 0 radical (unpaired) electrons. The molecule has 1 rings (SSSR count). The summed E-state index contributed by atoms with van der Waals surface area (Å²) in [5, 5.41) is 3.61. The van der Waals surface area contributed by atoms with Gasteiger partial charge in [0.25, 0.3) is 0 Å². The topological polar surface area (TPSA) is 30.5 Å². The summed E-state index contributed by atoms with van der Waals surface area (Å²) in [6.45, 7) is 7.66. The molecule has 1 aromatic carbocycles. The van der Waals surface area contributed by atoms with Gasteiger partial charge in [0.2, 0.25) is 0 Å². The van der Waals surface area contributed by atoms with Crippen LogP contribution in [0.2, 0.25) is 0 Å². The first-order chi connectivity index (χ1) is 9.53. The van der Waals surface area contributed by atoms with Crippen molar-refractivity contribution in [3.05, 3.63) is 22.2 Å². The molecule has 0 saturated carbocycles. The number of methoxy groups -OCH3 is 2. The van der Waals surface area contributed by atoms with Gasteiger partial charge in [-0.1, -0.05) is 20.8 Å². The van der Waals surface area contributed by atoms with E-state index in [1.165, 1.54) is 0 Å². The van der Waals surface area contributed by atoms with Gasteiger partial charge < -0.3 is 14.8 Å². The number of nitrogens with one attached hydrogen (secondary N) is 1. The molecule has 3 nitrogen and oxygen atoms in total. The Balaban J connectivity index is 3.14. The van der Waals surface area contributed by atoms with Gasteiger partial charge in [-0.3, -0.25) is 0 Å². The molecule has 1 unspecified atom stereocenters. The monoisotopic (exact) mass is 343 g/mol. The molecule has 1 N–H and O–H groups in total. The molecule has 0 heterocycles. The summed E-state index contributed by atoms with van der Waals surface area (Å²) >= 11 is 3.51. The predicted molar refractivity (Wildman–Crippen MR) is 87.7 cm³/mol. The van der Waals surface area contributed by atoms with Gasteiger partial charge in [0.1, 0.15) is 11.5 Å². The van der Waals surface area contributed by atoms with Crippen molar-refractivity contribution in [3.8, 4) is 11.5 Å². The Hall–Kier alpha value is -0.740. The van der Waals surface area contributed by atoms with Gasteiger partial charge in [0, 0.05) is 11.6 Å². The van der Waals surface area contributed by atoms with Crippen molar-refractivity contribution in [2.75, 3.05) is 20.8 Å². The van der Waals surface area contributed by atoms with Crippen LogP contribution in [-0.2, 0) is 0 Å². The van der Waals surface area contributed by atoms with E-state index in [4.69, 9.17) is 9.47 Å². The Kier molecular flexibility index (Phi) is 7.38. The van der Waals surface area contributed by atoms with Crippen molar-refractivity contribution in [1.82, 2.24) is 5.32 Å². The highest BCUT2D eigenvalue weighted by molar-refractivity contribution is 9.10. The molecule has 20 heavy (non-hydrogen) atoms. The standard InChI is InChI=1S/C16H26BrNO2/c1-6-7-18-14(8-11(2)3)12-9-16(20-5)13(17)10-15(12)19-4/h9-11,14,18H,6-8H2,1-5H3. The molecule has 0 aliphatic carbocycles. The largest absolute Gasteiger partial charge is 0.496 e. The summed E-state index contributed by atoms with van der Waals surface area (Å²) < 4.78 is 11.9. The Morgan fingerprint density at radius 2 is 1.80 bits per heavy atom. The number of hydrogen-bond acceptors (Lipinski definition) is 3. The smallest absolute Gasteiger partial charge is 0.133 e. The van der Waals surface area contributed by atoms with E-state index in [1.807, 2.05) is 6.07 Å². The first kappa shape index (κ1) is 17.3. The molecule has 1 aromatic rings. The Bertz CT molecular complexity index is 421. The first-order valence-corrected chi connectivity index (χ1v) is 7.97. The highest BCUT2D eigenvalue weighted by Gasteiger charge is 2.19. The SMILES string of the molecule is CCCNC(CC(C)C)c1cc(OC)c(Br)cc1OC. The lowest BCUT2D eigenvalue weighted by Crippen LogP contribution is -2.24. The summed E-state index contributed by atoms with van der Waals surface area (Å²) in [7, 11) is 3.40. The summed E-state index contributed by atoms with van der Waals surface area (Å²) in [4.78, 5) is 0. The molecule has 0 amide bonds. The number of halogens is 1. The molecule has 0 spiro atoms. The first-order valence-electron chi connectivity index (χ1n) is 7.18. The van der Waals surface area contributed by atoms with E-state index >= 15 is 0 Å². The molecule has 0 aliphatic rings. The lowest BCUT2D eigenvalue weighted by Gasteiger charge is -2.24. The Morgan fingerprint density at radius 3 is 2.30 bits per heavy atom. The molecule has 1 atom stereocenters. The van der Waals surface area contributed by atoms with Gasteiger partial charge >= 0.3 is 0 Å². The minimum atomic E-state index is 0.284. The molecule has 0 bridgehead atoms. The lowest BCUT2D eigenvalue weighted by molar-refractivity contribution is 0.373. The van der Waals surface area contributed by atoms with E-state index in [2.05, 4.69) is 48.1 Å². The quantitative estimate of drug-likeness (QED) is 0.750. The van der Waals surface area contributed by atoms with Crippen LogP contribution < -0.4 is 14.8 Å². The van der Waals surface area contributed by atoms with Crippen LogP contribution in [0.3, 0.4) is 0 Å². The van der Waals surface area contributed by atoms with Gasteiger partial charge in [0.15, 0.2) is 0 Å².